The maximum atomic E-state index is 10.3. The molecule has 0 aliphatic heterocycles. The third-order valence-electron chi connectivity index (χ3n) is 2.31. The van der Waals surface area contributed by atoms with E-state index in [1.807, 2.05) is 0 Å². The molecule has 3 nitrogen and oxygen atoms in total. The van der Waals surface area contributed by atoms with Gasteiger partial charge in [-0.1, -0.05) is 51.9 Å². The van der Waals surface area contributed by atoms with Crippen molar-refractivity contribution in [1.29, 1.82) is 0 Å². The molecule has 14 heavy (non-hydrogen) atoms. The lowest BCUT2D eigenvalue weighted by Crippen LogP contribution is -2.20. The van der Waals surface area contributed by atoms with Gasteiger partial charge in [-0.15, -0.1) is 0 Å². The number of hydrogen-bond donors (Lipinski definition) is 1. The molecule has 0 bridgehead atoms. The van der Waals surface area contributed by atoms with Crippen LogP contribution in [0.1, 0.15) is 58.3 Å². The Hall–Kier alpha value is 0.310. The number of aliphatic hydroxyl groups excluding tert-OH is 1. The molecule has 1 unspecified atom stereocenters. The maximum absolute atomic E-state index is 10.3. The van der Waals surface area contributed by atoms with Crippen molar-refractivity contribution in [2.24, 2.45) is 0 Å². The summed E-state index contributed by atoms with van der Waals surface area (Å²) in [4.78, 5) is 20.6. The molecule has 0 saturated carbocycles. The standard InChI is InChI=1S/C10H21O3P/c1-2-3-4-5-6-7-8-9-10(11)14(12)13/h10-11H,2-9H2,1H3/q-2. The Balaban J connectivity index is 3.06. The molecule has 0 amide bonds. The van der Waals surface area contributed by atoms with Crippen molar-refractivity contribution in [3.8, 4) is 0 Å². The van der Waals surface area contributed by atoms with Gasteiger partial charge in [0.1, 0.15) is 0 Å². The van der Waals surface area contributed by atoms with Gasteiger partial charge in [-0.25, -0.2) is 0 Å². The van der Waals surface area contributed by atoms with Gasteiger partial charge in [-0.3, -0.25) is 8.38 Å². The quantitative estimate of drug-likeness (QED) is 0.472. The van der Waals surface area contributed by atoms with Gasteiger partial charge in [-0.2, -0.15) is 0 Å². The maximum Gasteiger partial charge on any atom is 0.0434 e. The molecule has 0 aromatic rings. The molecule has 86 valence electrons. The summed E-state index contributed by atoms with van der Waals surface area (Å²) >= 11 is 0. The first-order valence-corrected chi connectivity index (χ1v) is 6.74. The van der Waals surface area contributed by atoms with Gasteiger partial charge < -0.3 is 14.9 Å². The third kappa shape index (κ3) is 8.89. The fourth-order valence-electron chi connectivity index (χ4n) is 1.39. The molecule has 4 heteroatoms. The van der Waals surface area contributed by atoms with E-state index >= 15 is 0 Å². The lowest BCUT2D eigenvalue weighted by atomic mass is 10.1. The van der Waals surface area contributed by atoms with Crippen molar-refractivity contribution in [2.75, 3.05) is 0 Å². The molecule has 0 fully saturated rings. The molecule has 1 N–H and O–H groups in total. The summed E-state index contributed by atoms with van der Waals surface area (Å²) in [5.74, 6) is -1.12. The normalized spacial score (nSPS) is 13.5. The predicted molar refractivity (Wildman–Crippen MR) is 55.5 cm³/mol. The monoisotopic (exact) mass is 220 g/mol. The molecule has 0 aromatic carbocycles. The molecule has 0 radical (unpaired) electrons. The van der Waals surface area contributed by atoms with Gasteiger partial charge in [0.2, 0.25) is 0 Å². The van der Waals surface area contributed by atoms with E-state index in [2.05, 4.69) is 6.92 Å². The van der Waals surface area contributed by atoms with Crippen molar-refractivity contribution < 1.29 is 14.9 Å². The lowest BCUT2D eigenvalue weighted by Gasteiger charge is -2.36. The molecule has 1 atom stereocenters. The summed E-state index contributed by atoms with van der Waals surface area (Å²) in [5.41, 5.74) is 0. The van der Waals surface area contributed by atoms with E-state index in [4.69, 9.17) is 5.11 Å². The van der Waals surface area contributed by atoms with Crippen LogP contribution in [0, 0.1) is 0 Å². The lowest BCUT2D eigenvalue weighted by molar-refractivity contribution is -0.300. The molecule has 0 aromatic heterocycles. The molecular formula is C10H21O3P-2. The smallest absolute Gasteiger partial charge is 0.0434 e. The summed E-state index contributed by atoms with van der Waals surface area (Å²) in [6.07, 6.45) is 8.43. The Bertz CT molecular complexity index is 120. The second-order valence-corrected chi connectivity index (χ2v) is 4.84. The summed E-state index contributed by atoms with van der Waals surface area (Å²) in [6.45, 7) is 2.18. The van der Waals surface area contributed by atoms with Crippen LogP contribution in [0.5, 0.6) is 0 Å². The minimum Gasteiger partial charge on any atom is -0.840 e. The van der Waals surface area contributed by atoms with Crippen molar-refractivity contribution in [1.82, 2.24) is 0 Å². The third-order valence-corrected chi connectivity index (χ3v) is 3.05. The largest absolute Gasteiger partial charge is 0.840 e. The van der Waals surface area contributed by atoms with Crippen LogP contribution < -0.4 is 9.79 Å². The van der Waals surface area contributed by atoms with Gasteiger partial charge >= 0.3 is 0 Å². The molecular weight excluding hydrogens is 199 g/mol. The van der Waals surface area contributed by atoms with E-state index in [-0.39, 0.29) is 0 Å². The van der Waals surface area contributed by atoms with Crippen molar-refractivity contribution in [2.45, 2.75) is 64.1 Å². The Morgan fingerprint density at radius 3 is 2.00 bits per heavy atom. The predicted octanol–water partition coefficient (Wildman–Crippen LogP) is 1.48. The van der Waals surface area contributed by atoms with Crippen molar-refractivity contribution in [3.05, 3.63) is 0 Å². The highest BCUT2D eigenvalue weighted by Crippen LogP contribution is 2.23. The summed E-state index contributed by atoms with van der Waals surface area (Å²) in [5, 5.41) is 8.97. The van der Waals surface area contributed by atoms with Crippen LogP contribution in [0.4, 0.5) is 0 Å². The fraction of sp³-hybridized carbons (Fsp3) is 1.00. The van der Waals surface area contributed by atoms with Crippen molar-refractivity contribution in [3.63, 3.8) is 0 Å². The van der Waals surface area contributed by atoms with Gasteiger partial charge in [-0.05, 0) is 6.42 Å². The van der Waals surface area contributed by atoms with Gasteiger partial charge in [0, 0.05) is 5.85 Å². The highest BCUT2D eigenvalue weighted by molar-refractivity contribution is 7.42. The number of unbranched alkanes of at least 4 members (excludes halogenated alkanes) is 6. The van der Waals surface area contributed by atoms with Crippen LogP contribution in [-0.2, 0) is 0 Å². The number of aliphatic hydroxyl groups is 1. The first-order valence-electron chi connectivity index (χ1n) is 5.50. The highest BCUT2D eigenvalue weighted by atomic mass is 31.2. The Kier molecular flexibility index (Phi) is 10.1. The van der Waals surface area contributed by atoms with Gasteiger partial charge in [0.05, 0.1) is 0 Å². The number of hydrogen-bond acceptors (Lipinski definition) is 3. The molecule has 0 aliphatic carbocycles. The Morgan fingerprint density at radius 2 is 1.50 bits per heavy atom. The first kappa shape index (κ1) is 14.3. The zero-order chi connectivity index (χ0) is 10.8. The van der Waals surface area contributed by atoms with Crippen LogP contribution in [0.2, 0.25) is 0 Å². The molecule has 0 rings (SSSR count). The molecule has 0 aliphatic rings. The van der Waals surface area contributed by atoms with Gasteiger partial charge in [0.25, 0.3) is 0 Å². The van der Waals surface area contributed by atoms with Crippen LogP contribution in [0.15, 0.2) is 0 Å². The minimum atomic E-state index is -2.64. The molecule has 0 heterocycles. The van der Waals surface area contributed by atoms with Crippen LogP contribution in [0.3, 0.4) is 0 Å². The summed E-state index contributed by atoms with van der Waals surface area (Å²) in [7, 11) is -2.64. The second-order valence-electron chi connectivity index (χ2n) is 3.68. The van der Waals surface area contributed by atoms with E-state index in [0.717, 1.165) is 19.3 Å². The fourth-order valence-corrected chi connectivity index (χ4v) is 1.78. The van der Waals surface area contributed by atoms with Crippen LogP contribution in [0.25, 0.3) is 0 Å². The van der Waals surface area contributed by atoms with E-state index in [1.165, 1.54) is 25.7 Å². The summed E-state index contributed by atoms with van der Waals surface area (Å²) < 4.78 is 0. The topological polar surface area (TPSA) is 66.3 Å². The zero-order valence-electron chi connectivity index (χ0n) is 8.95. The molecule has 0 spiro atoms. The second kappa shape index (κ2) is 9.85. The van der Waals surface area contributed by atoms with Crippen LogP contribution in [-0.4, -0.2) is 11.0 Å². The van der Waals surface area contributed by atoms with Crippen molar-refractivity contribution >= 4 is 8.38 Å². The average Bonchev–Trinajstić information content (AvgIpc) is 2.16. The zero-order valence-corrected chi connectivity index (χ0v) is 9.84. The number of rotatable bonds is 9. The highest BCUT2D eigenvalue weighted by Gasteiger charge is 1.98. The summed E-state index contributed by atoms with van der Waals surface area (Å²) in [6, 6.07) is 0. The van der Waals surface area contributed by atoms with E-state index < -0.39 is 14.2 Å². The van der Waals surface area contributed by atoms with E-state index in [9.17, 15) is 9.79 Å². The first-order chi connectivity index (χ1) is 6.68. The van der Waals surface area contributed by atoms with E-state index in [0.29, 0.717) is 6.42 Å². The SMILES string of the molecule is CCCCCCCCCC(O)P([O-])[O-]. The Labute approximate surface area is 88.1 Å². The van der Waals surface area contributed by atoms with Gasteiger partial charge in [0.15, 0.2) is 0 Å². The minimum absolute atomic E-state index is 0.395. The molecule has 0 saturated heterocycles. The Morgan fingerprint density at radius 1 is 1.00 bits per heavy atom. The average molecular weight is 220 g/mol. The van der Waals surface area contributed by atoms with Crippen LogP contribution >= 0.6 is 8.38 Å². The van der Waals surface area contributed by atoms with E-state index in [1.54, 1.807) is 0 Å².